The molecule has 0 saturated carbocycles. The SMILES string of the molecule is C=CCNS(=O)(=O)c1cc(C(=O)NCCNc2ncccn2)ccc1F. The highest BCUT2D eigenvalue weighted by Crippen LogP contribution is 2.16. The number of nitrogens with one attached hydrogen (secondary N) is 3. The van der Waals surface area contributed by atoms with Crippen LogP contribution in [0.15, 0.2) is 54.2 Å². The van der Waals surface area contributed by atoms with Crippen molar-refractivity contribution in [2.45, 2.75) is 4.90 Å². The van der Waals surface area contributed by atoms with E-state index >= 15 is 0 Å². The van der Waals surface area contributed by atoms with Gasteiger partial charge in [0.1, 0.15) is 10.7 Å². The van der Waals surface area contributed by atoms with Gasteiger partial charge < -0.3 is 10.6 Å². The zero-order valence-corrected chi connectivity index (χ0v) is 14.6. The molecule has 0 fully saturated rings. The molecule has 8 nitrogen and oxygen atoms in total. The lowest BCUT2D eigenvalue weighted by atomic mass is 10.2. The van der Waals surface area contributed by atoms with E-state index in [9.17, 15) is 17.6 Å². The van der Waals surface area contributed by atoms with Gasteiger partial charge in [0.15, 0.2) is 0 Å². The van der Waals surface area contributed by atoms with Gasteiger partial charge in [-0.1, -0.05) is 6.08 Å². The van der Waals surface area contributed by atoms with Gasteiger partial charge in [0.05, 0.1) is 0 Å². The Kier molecular flexibility index (Phi) is 6.75. The van der Waals surface area contributed by atoms with Crippen LogP contribution in [0.5, 0.6) is 0 Å². The zero-order valence-electron chi connectivity index (χ0n) is 13.8. The third-order valence-corrected chi connectivity index (χ3v) is 4.60. The Hall–Kier alpha value is -2.85. The number of hydrogen-bond donors (Lipinski definition) is 3. The molecule has 26 heavy (non-hydrogen) atoms. The molecule has 0 unspecified atom stereocenters. The number of hydrogen-bond acceptors (Lipinski definition) is 6. The highest BCUT2D eigenvalue weighted by atomic mass is 32.2. The van der Waals surface area contributed by atoms with Gasteiger partial charge in [-0.15, -0.1) is 6.58 Å². The van der Waals surface area contributed by atoms with Crippen molar-refractivity contribution < 1.29 is 17.6 Å². The summed E-state index contributed by atoms with van der Waals surface area (Å²) in [7, 11) is -4.08. The van der Waals surface area contributed by atoms with E-state index in [1.165, 1.54) is 12.1 Å². The van der Waals surface area contributed by atoms with Crippen LogP contribution >= 0.6 is 0 Å². The second-order valence-corrected chi connectivity index (χ2v) is 6.78. The van der Waals surface area contributed by atoms with Crippen LogP contribution in [0, 0.1) is 5.82 Å². The second-order valence-electron chi connectivity index (χ2n) is 5.04. The number of sulfonamides is 1. The Balaban J connectivity index is 1.98. The molecule has 0 aliphatic carbocycles. The van der Waals surface area contributed by atoms with Gasteiger partial charge in [-0.2, -0.15) is 0 Å². The minimum Gasteiger partial charge on any atom is -0.352 e. The number of nitrogens with zero attached hydrogens (tertiary/aromatic N) is 2. The summed E-state index contributed by atoms with van der Waals surface area (Å²) >= 11 is 0. The lowest BCUT2D eigenvalue weighted by molar-refractivity contribution is 0.0955. The fourth-order valence-electron chi connectivity index (χ4n) is 1.94. The quantitative estimate of drug-likeness (QED) is 0.441. The van der Waals surface area contributed by atoms with Crippen LogP contribution in [-0.4, -0.2) is 43.9 Å². The highest BCUT2D eigenvalue weighted by Gasteiger charge is 2.20. The maximum absolute atomic E-state index is 13.8. The van der Waals surface area contributed by atoms with E-state index in [-0.39, 0.29) is 18.7 Å². The van der Waals surface area contributed by atoms with Crippen molar-refractivity contribution in [2.75, 3.05) is 25.0 Å². The van der Waals surface area contributed by atoms with E-state index in [4.69, 9.17) is 0 Å². The molecule has 0 radical (unpaired) electrons. The smallest absolute Gasteiger partial charge is 0.251 e. The summed E-state index contributed by atoms with van der Waals surface area (Å²) in [5, 5.41) is 5.51. The number of rotatable bonds is 9. The van der Waals surface area contributed by atoms with Gasteiger partial charge in [0.25, 0.3) is 5.91 Å². The van der Waals surface area contributed by atoms with Crippen LogP contribution < -0.4 is 15.4 Å². The first-order valence-corrected chi connectivity index (χ1v) is 9.11. The van der Waals surface area contributed by atoms with Gasteiger partial charge in [-0.05, 0) is 24.3 Å². The van der Waals surface area contributed by atoms with Crippen LogP contribution in [0.2, 0.25) is 0 Å². The van der Waals surface area contributed by atoms with Gasteiger partial charge in [-0.3, -0.25) is 4.79 Å². The average molecular weight is 379 g/mol. The minimum atomic E-state index is -4.08. The summed E-state index contributed by atoms with van der Waals surface area (Å²) in [6.07, 6.45) is 4.49. The van der Waals surface area contributed by atoms with Crippen LogP contribution in [0.1, 0.15) is 10.4 Å². The molecule has 2 rings (SSSR count). The summed E-state index contributed by atoms with van der Waals surface area (Å²) in [4.78, 5) is 19.5. The third kappa shape index (κ3) is 5.33. The first-order chi connectivity index (χ1) is 12.4. The van der Waals surface area contributed by atoms with Crippen molar-refractivity contribution in [3.05, 3.63) is 60.7 Å². The molecule has 0 spiro atoms. The summed E-state index contributed by atoms with van der Waals surface area (Å²) in [6, 6.07) is 4.82. The second kappa shape index (κ2) is 9.02. The van der Waals surface area contributed by atoms with Crippen LogP contribution in [-0.2, 0) is 10.0 Å². The van der Waals surface area contributed by atoms with Crippen molar-refractivity contribution in [1.82, 2.24) is 20.0 Å². The van der Waals surface area contributed by atoms with E-state index in [0.29, 0.717) is 12.5 Å². The molecule has 10 heteroatoms. The van der Waals surface area contributed by atoms with Crippen molar-refractivity contribution >= 4 is 21.9 Å². The molecule has 0 atom stereocenters. The molecule has 3 N–H and O–H groups in total. The highest BCUT2D eigenvalue weighted by molar-refractivity contribution is 7.89. The first-order valence-electron chi connectivity index (χ1n) is 7.63. The largest absolute Gasteiger partial charge is 0.352 e. The molecule has 1 heterocycles. The van der Waals surface area contributed by atoms with Crippen LogP contribution in [0.4, 0.5) is 10.3 Å². The molecule has 2 aromatic rings. The van der Waals surface area contributed by atoms with Gasteiger partial charge >= 0.3 is 0 Å². The van der Waals surface area contributed by atoms with Gasteiger partial charge in [-0.25, -0.2) is 27.5 Å². The molecule has 138 valence electrons. The van der Waals surface area contributed by atoms with Crippen LogP contribution in [0.3, 0.4) is 0 Å². The Morgan fingerprint density at radius 2 is 1.96 bits per heavy atom. The monoisotopic (exact) mass is 379 g/mol. The number of aromatic nitrogens is 2. The molecular formula is C16H18FN5O3S. The topological polar surface area (TPSA) is 113 Å². The third-order valence-electron chi connectivity index (χ3n) is 3.16. The number of carbonyl (C=O) groups excluding carboxylic acids is 1. The molecule has 0 aliphatic heterocycles. The maximum Gasteiger partial charge on any atom is 0.251 e. The maximum atomic E-state index is 13.8. The van der Waals surface area contributed by atoms with Crippen molar-refractivity contribution in [1.29, 1.82) is 0 Å². The van der Waals surface area contributed by atoms with Gasteiger partial charge in [0.2, 0.25) is 16.0 Å². The Morgan fingerprint density at radius 3 is 2.65 bits per heavy atom. The number of amides is 1. The van der Waals surface area contributed by atoms with Crippen LogP contribution in [0.25, 0.3) is 0 Å². The fourth-order valence-corrected chi connectivity index (χ4v) is 3.04. The lowest BCUT2D eigenvalue weighted by Crippen LogP contribution is -2.30. The summed E-state index contributed by atoms with van der Waals surface area (Å²) < 4.78 is 40.1. The molecule has 1 aromatic carbocycles. The number of anilines is 1. The van der Waals surface area contributed by atoms with E-state index < -0.39 is 26.6 Å². The van der Waals surface area contributed by atoms with E-state index in [2.05, 4.69) is 31.9 Å². The Labute approximate surface area is 150 Å². The Morgan fingerprint density at radius 1 is 1.23 bits per heavy atom. The number of carbonyl (C=O) groups is 1. The average Bonchev–Trinajstić information content (AvgIpc) is 2.64. The Bertz CT molecular complexity index is 875. The van der Waals surface area contributed by atoms with Crippen molar-refractivity contribution in [2.24, 2.45) is 0 Å². The molecular weight excluding hydrogens is 361 g/mol. The fraction of sp³-hybridized carbons (Fsp3) is 0.188. The molecule has 0 bridgehead atoms. The minimum absolute atomic E-state index is 0.0290. The molecule has 0 saturated heterocycles. The molecule has 1 aromatic heterocycles. The predicted octanol–water partition coefficient (Wildman–Crippen LogP) is 0.922. The zero-order chi connectivity index (χ0) is 19.0. The van der Waals surface area contributed by atoms with Crippen molar-refractivity contribution in [3.63, 3.8) is 0 Å². The molecule has 0 aliphatic rings. The standard InChI is InChI=1S/C16H18FN5O3S/c1-2-6-22-26(24,25)14-11-12(4-5-13(14)17)15(23)18-9-10-21-16-19-7-3-8-20-16/h2-5,7-8,11,22H,1,6,9-10H2,(H,18,23)(H,19,20,21). The number of halogens is 1. The molecule has 1 amide bonds. The summed E-state index contributed by atoms with van der Waals surface area (Å²) in [6.45, 7) is 3.94. The van der Waals surface area contributed by atoms with E-state index in [0.717, 1.165) is 12.1 Å². The first kappa shape index (κ1) is 19.5. The lowest BCUT2D eigenvalue weighted by Gasteiger charge is -2.09. The summed E-state index contributed by atoms with van der Waals surface area (Å²) in [5.41, 5.74) is 0.0290. The van der Waals surface area contributed by atoms with E-state index in [1.807, 2.05) is 0 Å². The van der Waals surface area contributed by atoms with Crippen molar-refractivity contribution in [3.8, 4) is 0 Å². The summed E-state index contributed by atoms with van der Waals surface area (Å²) in [5.74, 6) is -1.05. The number of benzene rings is 1. The van der Waals surface area contributed by atoms with E-state index in [1.54, 1.807) is 18.5 Å². The van der Waals surface area contributed by atoms with Gasteiger partial charge in [0, 0.05) is 37.6 Å². The normalized spacial score (nSPS) is 11.0. The predicted molar refractivity (Wildman–Crippen MR) is 94.6 cm³/mol.